The molecule has 11 heteroatoms. The number of fused-ring (bicyclic) bond motifs is 3. The number of hydrogen-bond donors (Lipinski definition) is 2. The van der Waals surface area contributed by atoms with Crippen molar-refractivity contribution in [3.05, 3.63) is 52.8 Å². The van der Waals surface area contributed by atoms with Gasteiger partial charge in [-0.1, -0.05) is 17.7 Å². The number of phenols is 1. The summed E-state index contributed by atoms with van der Waals surface area (Å²) in [6.45, 7) is 4.49. The summed E-state index contributed by atoms with van der Waals surface area (Å²) >= 11 is 6.27. The van der Waals surface area contributed by atoms with Crippen molar-refractivity contribution < 1.29 is 28.1 Å². The number of halogens is 4. The van der Waals surface area contributed by atoms with Crippen molar-refractivity contribution in [2.75, 3.05) is 19.7 Å². The van der Waals surface area contributed by atoms with E-state index in [2.05, 4.69) is 19.9 Å². The van der Waals surface area contributed by atoms with Gasteiger partial charge >= 0.3 is 6.01 Å². The van der Waals surface area contributed by atoms with Crippen LogP contribution < -0.4 is 4.74 Å². The monoisotopic (exact) mass is 572 g/mol. The molecule has 0 bridgehead atoms. The van der Waals surface area contributed by atoms with Gasteiger partial charge in [0.1, 0.15) is 35.6 Å². The highest BCUT2D eigenvalue weighted by Crippen LogP contribution is 2.42. The van der Waals surface area contributed by atoms with Crippen LogP contribution in [0.5, 0.6) is 11.8 Å². The smallest absolute Gasteiger partial charge is 0.317 e. The zero-order valence-corrected chi connectivity index (χ0v) is 22.8. The summed E-state index contributed by atoms with van der Waals surface area (Å²) in [7, 11) is 0. The Morgan fingerprint density at radius 3 is 2.80 bits per heavy atom. The van der Waals surface area contributed by atoms with Crippen LogP contribution >= 0.6 is 11.6 Å². The fourth-order valence-corrected chi connectivity index (χ4v) is 6.38. The van der Waals surface area contributed by atoms with Crippen LogP contribution in [0.1, 0.15) is 38.8 Å². The Balaban J connectivity index is 1.49. The first-order chi connectivity index (χ1) is 18.9. The van der Waals surface area contributed by atoms with Gasteiger partial charge in [0.25, 0.3) is 0 Å². The number of nitrogens with zero attached hydrogens (tertiary/aromatic N) is 4. The first kappa shape index (κ1) is 27.0. The maximum absolute atomic E-state index is 16.3. The Hall–Kier alpha value is -3.21. The molecule has 40 heavy (non-hydrogen) atoms. The zero-order valence-electron chi connectivity index (χ0n) is 22.0. The van der Waals surface area contributed by atoms with E-state index in [4.69, 9.17) is 16.3 Å². The maximum Gasteiger partial charge on any atom is 0.317 e. The van der Waals surface area contributed by atoms with Gasteiger partial charge in [-0.25, -0.2) is 13.2 Å². The number of pyridine rings is 1. The van der Waals surface area contributed by atoms with Gasteiger partial charge in [-0.05, 0) is 56.8 Å². The van der Waals surface area contributed by atoms with E-state index >= 15 is 4.39 Å². The molecule has 0 spiro atoms. The second kappa shape index (κ2) is 9.71. The Morgan fingerprint density at radius 2 is 2.02 bits per heavy atom. The van der Waals surface area contributed by atoms with Gasteiger partial charge in [0, 0.05) is 41.9 Å². The summed E-state index contributed by atoms with van der Waals surface area (Å²) < 4.78 is 51.0. The van der Waals surface area contributed by atoms with Crippen molar-refractivity contribution in [1.29, 1.82) is 0 Å². The van der Waals surface area contributed by atoms with Crippen LogP contribution in [-0.4, -0.2) is 67.1 Å². The molecule has 2 saturated heterocycles. The van der Waals surface area contributed by atoms with Gasteiger partial charge in [0.05, 0.1) is 21.9 Å². The van der Waals surface area contributed by atoms with E-state index in [-0.39, 0.29) is 57.4 Å². The molecular formula is C29H28ClF3N4O3. The predicted molar refractivity (Wildman–Crippen MR) is 145 cm³/mol. The normalized spacial score (nSPS) is 21.4. The number of ether oxygens (including phenoxy) is 1. The molecule has 4 aromatic rings. The van der Waals surface area contributed by atoms with E-state index in [0.29, 0.717) is 24.0 Å². The quantitative estimate of drug-likeness (QED) is 0.304. The number of aliphatic hydroxyl groups is 1. The minimum Gasteiger partial charge on any atom is -0.508 e. The van der Waals surface area contributed by atoms with Crippen LogP contribution in [0, 0.1) is 11.6 Å². The minimum absolute atomic E-state index is 0.0543. The van der Waals surface area contributed by atoms with E-state index in [1.165, 1.54) is 24.4 Å². The average molecular weight is 573 g/mol. The highest BCUT2D eigenvalue weighted by molar-refractivity contribution is 6.37. The van der Waals surface area contributed by atoms with Crippen LogP contribution in [0.4, 0.5) is 13.2 Å². The van der Waals surface area contributed by atoms with E-state index in [0.717, 1.165) is 25.5 Å². The van der Waals surface area contributed by atoms with E-state index in [9.17, 15) is 19.0 Å². The molecule has 2 aromatic carbocycles. The second-order valence-electron chi connectivity index (χ2n) is 11.4. The predicted octanol–water partition coefficient (Wildman–Crippen LogP) is 5.75. The van der Waals surface area contributed by atoms with Crippen LogP contribution in [0.15, 0.2) is 30.5 Å². The van der Waals surface area contributed by atoms with Gasteiger partial charge in [-0.15, -0.1) is 0 Å². The van der Waals surface area contributed by atoms with Crippen LogP contribution in [0.2, 0.25) is 5.02 Å². The maximum atomic E-state index is 16.3. The lowest BCUT2D eigenvalue weighted by atomic mass is 9.95. The van der Waals surface area contributed by atoms with Gasteiger partial charge in [-0.3, -0.25) is 9.88 Å². The molecule has 2 aromatic heterocycles. The van der Waals surface area contributed by atoms with Gasteiger partial charge in [-0.2, -0.15) is 9.97 Å². The highest BCUT2D eigenvalue weighted by atomic mass is 35.5. The van der Waals surface area contributed by atoms with Crippen molar-refractivity contribution >= 4 is 33.3 Å². The fourth-order valence-electron chi connectivity index (χ4n) is 6.11. The number of benzene rings is 2. The molecule has 2 fully saturated rings. The number of rotatable bonds is 6. The second-order valence-corrected chi connectivity index (χ2v) is 11.8. The summed E-state index contributed by atoms with van der Waals surface area (Å²) in [6, 6.07) is 5.16. The third-order valence-electron chi connectivity index (χ3n) is 7.82. The summed E-state index contributed by atoms with van der Waals surface area (Å²) in [4.78, 5) is 15.3. The van der Waals surface area contributed by atoms with Crippen molar-refractivity contribution in [1.82, 2.24) is 19.9 Å². The average Bonchev–Trinajstić information content (AvgIpc) is 3.40. The molecule has 7 nitrogen and oxygen atoms in total. The molecule has 2 aliphatic heterocycles. The number of alkyl halides is 1. The van der Waals surface area contributed by atoms with Crippen LogP contribution in [0.3, 0.4) is 0 Å². The van der Waals surface area contributed by atoms with Gasteiger partial charge in [0.15, 0.2) is 5.82 Å². The third kappa shape index (κ3) is 4.71. The number of phenolic OH excluding ortho intramolecular Hbond substituents is 1. The van der Waals surface area contributed by atoms with Crippen molar-refractivity contribution in [3.63, 3.8) is 0 Å². The Kier molecular flexibility index (Phi) is 6.55. The molecule has 0 radical (unpaired) electrons. The number of hydrogen-bond acceptors (Lipinski definition) is 7. The molecule has 0 amide bonds. The topological polar surface area (TPSA) is 91.6 Å². The first-order valence-electron chi connectivity index (χ1n) is 13.1. The lowest BCUT2D eigenvalue weighted by Gasteiger charge is -2.30. The van der Waals surface area contributed by atoms with Crippen LogP contribution in [0.25, 0.3) is 32.9 Å². The van der Waals surface area contributed by atoms with Crippen molar-refractivity contribution in [2.24, 2.45) is 0 Å². The largest absolute Gasteiger partial charge is 0.508 e. The molecule has 6 rings (SSSR count). The molecule has 0 saturated carbocycles. The molecule has 0 unspecified atom stereocenters. The molecule has 2 N–H and O–H groups in total. The minimum atomic E-state index is -1.19. The molecular weight excluding hydrogens is 545 g/mol. The van der Waals surface area contributed by atoms with Crippen molar-refractivity contribution in [2.45, 2.75) is 56.8 Å². The molecule has 4 heterocycles. The Labute approximate surface area is 233 Å². The molecule has 0 aliphatic carbocycles. The summed E-state index contributed by atoms with van der Waals surface area (Å²) in [5.41, 5.74) is -1.55. The Bertz CT molecular complexity index is 1650. The number of aromatic hydroxyl groups is 1. The third-order valence-corrected chi connectivity index (χ3v) is 8.19. The van der Waals surface area contributed by atoms with E-state index in [1.54, 1.807) is 13.8 Å². The molecule has 2 aliphatic rings. The summed E-state index contributed by atoms with van der Waals surface area (Å²) in [5.74, 6) is -1.72. The Morgan fingerprint density at radius 1 is 1.23 bits per heavy atom. The highest BCUT2D eigenvalue weighted by Gasteiger charge is 2.49. The molecule has 2 atom stereocenters. The lowest BCUT2D eigenvalue weighted by molar-refractivity contribution is 0.0795. The van der Waals surface area contributed by atoms with E-state index in [1.807, 2.05) is 0 Å². The number of aromatic nitrogens is 3. The van der Waals surface area contributed by atoms with Gasteiger partial charge < -0.3 is 14.9 Å². The summed E-state index contributed by atoms with van der Waals surface area (Å²) in [6.07, 6.45) is 2.56. The summed E-state index contributed by atoms with van der Waals surface area (Å²) in [5, 5.41) is 21.5. The van der Waals surface area contributed by atoms with E-state index < -0.39 is 28.9 Å². The molecule has 210 valence electrons. The first-order valence-corrected chi connectivity index (χ1v) is 13.5. The fraction of sp³-hybridized carbons (Fsp3) is 0.414. The van der Waals surface area contributed by atoms with Crippen LogP contribution in [-0.2, 0) is 6.42 Å². The SMILES string of the molecule is CC(C)(O)Cc1nc(OC[C@@]23CCCN2C[C@H](F)C3)nc2c(F)c(-c3cc(O)cc4ccc(F)c(Cl)c34)ncc12. The van der Waals surface area contributed by atoms with Gasteiger partial charge in [0.2, 0.25) is 0 Å². The standard InChI is InChI=1S/C29H28ClF3N4O3/c1-28(2,39)11-21-19-12-34-25(18-9-17(38)8-15-4-5-20(32)23(30)22(15)18)24(33)26(19)36-27(35-21)40-14-29-6-3-7-37(29)13-16(31)10-29/h4-5,8-9,12,16,38-39H,3,6-7,10-11,13-14H2,1-2H3/t16-,29+/m1/s1. The van der Waals surface area contributed by atoms with Crippen molar-refractivity contribution in [3.8, 4) is 23.0 Å². The lowest BCUT2D eigenvalue weighted by Crippen LogP contribution is -2.43. The zero-order chi connectivity index (χ0) is 28.4.